The van der Waals surface area contributed by atoms with Gasteiger partial charge in [0.2, 0.25) is 0 Å². The van der Waals surface area contributed by atoms with E-state index in [0.717, 1.165) is 10.8 Å². The Labute approximate surface area is 127 Å². The molecule has 20 heavy (non-hydrogen) atoms. The number of likely N-dealkylation sites (tertiary alicyclic amines) is 1. The molecule has 0 aromatic rings. The first-order chi connectivity index (χ1) is 9.57. The van der Waals surface area contributed by atoms with Gasteiger partial charge in [0.15, 0.2) is 0 Å². The van der Waals surface area contributed by atoms with Crippen LogP contribution in [0, 0.1) is 10.8 Å². The SMILES string of the molecule is CCCC1(CCC)CCC2(CC1)CC[N+](CC)(CC)C2. The van der Waals surface area contributed by atoms with Gasteiger partial charge in [-0.25, -0.2) is 0 Å². The topological polar surface area (TPSA) is 0 Å². The van der Waals surface area contributed by atoms with Crippen LogP contribution in [-0.4, -0.2) is 30.7 Å². The summed E-state index contributed by atoms with van der Waals surface area (Å²) in [5, 5.41) is 0. The van der Waals surface area contributed by atoms with E-state index in [1.807, 2.05) is 0 Å². The second-order valence-corrected chi connectivity index (χ2v) is 8.11. The highest BCUT2D eigenvalue weighted by molar-refractivity contribution is 4.94. The van der Waals surface area contributed by atoms with Gasteiger partial charge in [-0.2, -0.15) is 0 Å². The van der Waals surface area contributed by atoms with Crippen LogP contribution in [-0.2, 0) is 0 Å². The van der Waals surface area contributed by atoms with Crippen LogP contribution in [0.5, 0.6) is 0 Å². The minimum Gasteiger partial charge on any atom is -0.324 e. The van der Waals surface area contributed by atoms with Gasteiger partial charge in [-0.15, -0.1) is 0 Å². The van der Waals surface area contributed by atoms with E-state index in [2.05, 4.69) is 27.7 Å². The highest BCUT2D eigenvalue weighted by Crippen LogP contribution is 2.54. The number of hydrogen-bond donors (Lipinski definition) is 0. The van der Waals surface area contributed by atoms with Crippen LogP contribution in [0.4, 0.5) is 0 Å². The van der Waals surface area contributed by atoms with Crippen molar-refractivity contribution in [3.63, 3.8) is 0 Å². The molecule has 118 valence electrons. The van der Waals surface area contributed by atoms with Gasteiger partial charge in [0.25, 0.3) is 0 Å². The molecule has 1 aliphatic carbocycles. The zero-order valence-corrected chi connectivity index (χ0v) is 14.6. The summed E-state index contributed by atoms with van der Waals surface area (Å²) >= 11 is 0. The van der Waals surface area contributed by atoms with Crippen LogP contribution in [0.3, 0.4) is 0 Å². The van der Waals surface area contributed by atoms with E-state index in [0.29, 0.717) is 0 Å². The van der Waals surface area contributed by atoms with Crippen molar-refractivity contribution in [1.82, 2.24) is 0 Å². The lowest BCUT2D eigenvalue weighted by Gasteiger charge is -2.45. The van der Waals surface area contributed by atoms with Crippen molar-refractivity contribution >= 4 is 0 Å². The van der Waals surface area contributed by atoms with Crippen LogP contribution in [0.15, 0.2) is 0 Å². The quantitative estimate of drug-likeness (QED) is 0.572. The van der Waals surface area contributed by atoms with Crippen LogP contribution in [0.25, 0.3) is 0 Å². The van der Waals surface area contributed by atoms with Gasteiger partial charge in [-0.3, -0.25) is 0 Å². The molecule has 0 aromatic heterocycles. The van der Waals surface area contributed by atoms with Crippen molar-refractivity contribution in [2.24, 2.45) is 10.8 Å². The monoisotopic (exact) mass is 280 g/mol. The molecule has 2 fully saturated rings. The lowest BCUT2D eigenvalue weighted by atomic mass is 9.60. The summed E-state index contributed by atoms with van der Waals surface area (Å²) in [6.45, 7) is 15.2. The maximum Gasteiger partial charge on any atom is 0.0845 e. The molecule has 1 heteroatoms. The summed E-state index contributed by atoms with van der Waals surface area (Å²) in [6.07, 6.45) is 13.4. The third kappa shape index (κ3) is 3.08. The highest BCUT2D eigenvalue weighted by Gasteiger charge is 2.50. The van der Waals surface area contributed by atoms with Crippen LogP contribution in [0.1, 0.15) is 85.5 Å². The van der Waals surface area contributed by atoms with E-state index in [9.17, 15) is 0 Å². The Balaban J connectivity index is 2.00. The van der Waals surface area contributed by atoms with Gasteiger partial charge < -0.3 is 4.48 Å². The molecule has 1 nitrogen and oxygen atoms in total. The first-order valence-electron chi connectivity index (χ1n) is 9.42. The second-order valence-electron chi connectivity index (χ2n) is 8.11. The summed E-state index contributed by atoms with van der Waals surface area (Å²) in [7, 11) is 0. The van der Waals surface area contributed by atoms with Gasteiger partial charge >= 0.3 is 0 Å². The van der Waals surface area contributed by atoms with Crippen molar-refractivity contribution in [1.29, 1.82) is 0 Å². The van der Waals surface area contributed by atoms with E-state index < -0.39 is 0 Å². The van der Waals surface area contributed by atoms with Crippen molar-refractivity contribution < 1.29 is 4.48 Å². The minimum absolute atomic E-state index is 0.728. The minimum atomic E-state index is 0.728. The van der Waals surface area contributed by atoms with Crippen molar-refractivity contribution in [3.8, 4) is 0 Å². The van der Waals surface area contributed by atoms with Crippen LogP contribution in [0.2, 0.25) is 0 Å². The average molecular weight is 281 g/mol. The van der Waals surface area contributed by atoms with Gasteiger partial charge in [0.1, 0.15) is 0 Å². The smallest absolute Gasteiger partial charge is 0.0845 e. The van der Waals surface area contributed by atoms with Gasteiger partial charge in [-0.1, -0.05) is 26.7 Å². The third-order valence-electron chi connectivity index (χ3n) is 7.06. The molecule has 1 spiro atoms. The predicted molar refractivity (Wildman–Crippen MR) is 88.8 cm³/mol. The van der Waals surface area contributed by atoms with Gasteiger partial charge in [-0.05, 0) is 57.8 Å². The number of hydrogen-bond acceptors (Lipinski definition) is 0. The fourth-order valence-corrected chi connectivity index (χ4v) is 5.51. The first kappa shape index (κ1) is 16.3. The highest BCUT2D eigenvalue weighted by atomic mass is 15.4. The van der Waals surface area contributed by atoms with E-state index in [1.165, 1.54) is 88.4 Å². The van der Waals surface area contributed by atoms with Crippen molar-refractivity contribution in [2.75, 3.05) is 26.2 Å². The molecule has 0 amide bonds. The predicted octanol–water partition coefficient (Wildman–Crippen LogP) is 5.39. The summed E-state index contributed by atoms with van der Waals surface area (Å²) in [5.41, 5.74) is 1.46. The maximum absolute atomic E-state index is 2.41. The molecular weight excluding hydrogens is 242 g/mol. The molecule has 0 atom stereocenters. The standard InChI is InChI=1S/C19H38N/c1-5-9-18(10-6-2)11-13-19(14-12-18)15-16-20(7-3,8-4)17-19/h5-17H2,1-4H3/q+1. The molecule has 0 bridgehead atoms. The Hall–Kier alpha value is -0.0400. The van der Waals surface area contributed by atoms with Gasteiger partial charge in [0.05, 0.1) is 26.2 Å². The van der Waals surface area contributed by atoms with Crippen LogP contribution < -0.4 is 0 Å². The largest absolute Gasteiger partial charge is 0.324 e. The molecule has 0 radical (unpaired) electrons. The molecular formula is C19H38N+. The summed E-state index contributed by atoms with van der Waals surface area (Å²) < 4.78 is 1.41. The Morgan fingerprint density at radius 1 is 0.750 bits per heavy atom. The van der Waals surface area contributed by atoms with E-state index in [4.69, 9.17) is 0 Å². The second kappa shape index (κ2) is 6.38. The molecule has 1 aliphatic heterocycles. The zero-order chi connectivity index (χ0) is 14.7. The number of nitrogens with zero attached hydrogens (tertiary/aromatic N) is 1. The Bertz CT molecular complexity index is 287. The normalized spacial score (nSPS) is 27.0. The van der Waals surface area contributed by atoms with Gasteiger partial charge in [0, 0.05) is 11.8 Å². The molecule has 0 aromatic carbocycles. The Morgan fingerprint density at radius 2 is 1.30 bits per heavy atom. The summed E-state index contributed by atoms with van der Waals surface area (Å²) in [5.74, 6) is 0. The zero-order valence-electron chi connectivity index (χ0n) is 14.6. The summed E-state index contributed by atoms with van der Waals surface area (Å²) in [6, 6.07) is 0. The van der Waals surface area contributed by atoms with Crippen molar-refractivity contribution in [3.05, 3.63) is 0 Å². The molecule has 0 unspecified atom stereocenters. The maximum atomic E-state index is 2.41. The fourth-order valence-electron chi connectivity index (χ4n) is 5.51. The van der Waals surface area contributed by atoms with Crippen LogP contribution >= 0.6 is 0 Å². The molecule has 2 rings (SSSR count). The Kier molecular flexibility index (Phi) is 5.21. The number of quaternary nitrogens is 1. The first-order valence-corrected chi connectivity index (χ1v) is 9.42. The average Bonchev–Trinajstić information content (AvgIpc) is 2.84. The molecule has 2 aliphatic rings. The van der Waals surface area contributed by atoms with E-state index in [1.54, 1.807) is 0 Å². The molecule has 0 N–H and O–H groups in total. The lowest BCUT2D eigenvalue weighted by molar-refractivity contribution is -0.916. The number of rotatable bonds is 6. The molecule has 1 saturated heterocycles. The molecule has 1 saturated carbocycles. The third-order valence-corrected chi connectivity index (χ3v) is 7.06. The lowest BCUT2D eigenvalue weighted by Crippen LogP contribution is -2.48. The Morgan fingerprint density at radius 3 is 1.70 bits per heavy atom. The van der Waals surface area contributed by atoms with E-state index >= 15 is 0 Å². The summed E-state index contributed by atoms with van der Waals surface area (Å²) in [4.78, 5) is 0. The molecule has 1 heterocycles. The van der Waals surface area contributed by atoms with E-state index in [-0.39, 0.29) is 0 Å². The van der Waals surface area contributed by atoms with Crippen molar-refractivity contribution in [2.45, 2.75) is 85.5 Å². The fraction of sp³-hybridized carbons (Fsp3) is 1.00.